The number of hydrogen-bond acceptors (Lipinski definition) is 2. The summed E-state index contributed by atoms with van der Waals surface area (Å²) >= 11 is 0. The predicted octanol–water partition coefficient (Wildman–Crippen LogP) is 2.91. The van der Waals surface area contributed by atoms with Crippen molar-refractivity contribution < 1.29 is 9.47 Å². The molecule has 0 aromatic heterocycles. The number of ether oxygens (including phenoxy) is 2. The van der Waals surface area contributed by atoms with Gasteiger partial charge in [0.15, 0.2) is 0 Å². The standard InChI is InChI=1S/C11H20O2/c1-10(2)5-7-12-9-13-8-6-11(3)4/h1,3,5-9H2,2,4H3. The minimum absolute atomic E-state index is 0.376. The smallest absolute Gasteiger partial charge is 0.146 e. The fourth-order valence-electron chi connectivity index (χ4n) is 0.670. The summed E-state index contributed by atoms with van der Waals surface area (Å²) < 4.78 is 10.4. The molecule has 0 fully saturated rings. The Balaban J connectivity index is 3.00. The van der Waals surface area contributed by atoms with E-state index in [0.717, 1.165) is 24.0 Å². The quantitative estimate of drug-likeness (QED) is 0.328. The van der Waals surface area contributed by atoms with Crippen LogP contribution in [0.5, 0.6) is 0 Å². The average Bonchev–Trinajstić information content (AvgIpc) is 2.01. The van der Waals surface area contributed by atoms with Crippen molar-refractivity contribution in [3.05, 3.63) is 24.3 Å². The Labute approximate surface area is 81.2 Å². The van der Waals surface area contributed by atoms with Crippen LogP contribution in [-0.4, -0.2) is 20.0 Å². The SMILES string of the molecule is C=C(C)CCOCOCCC(=C)C. The molecule has 2 heteroatoms. The van der Waals surface area contributed by atoms with Gasteiger partial charge in [-0.1, -0.05) is 11.1 Å². The van der Waals surface area contributed by atoms with E-state index in [0.29, 0.717) is 20.0 Å². The van der Waals surface area contributed by atoms with Crippen LogP contribution in [0.3, 0.4) is 0 Å². The fourth-order valence-corrected chi connectivity index (χ4v) is 0.670. The minimum atomic E-state index is 0.376. The highest BCUT2D eigenvalue weighted by atomic mass is 16.7. The first-order valence-electron chi connectivity index (χ1n) is 4.57. The molecule has 0 bridgehead atoms. The summed E-state index contributed by atoms with van der Waals surface area (Å²) in [6, 6.07) is 0. The van der Waals surface area contributed by atoms with Gasteiger partial charge in [0.2, 0.25) is 0 Å². The Morgan fingerprint density at radius 1 is 0.923 bits per heavy atom. The molecular weight excluding hydrogens is 164 g/mol. The van der Waals surface area contributed by atoms with E-state index >= 15 is 0 Å². The fraction of sp³-hybridized carbons (Fsp3) is 0.636. The molecule has 0 rings (SSSR count). The molecule has 0 aliphatic heterocycles. The molecule has 0 aliphatic rings. The minimum Gasteiger partial charge on any atom is -0.355 e. The van der Waals surface area contributed by atoms with Crippen LogP contribution in [0.2, 0.25) is 0 Å². The molecule has 0 aromatic rings. The Morgan fingerprint density at radius 3 is 1.62 bits per heavy atom. The van der Waals surface area contributed by atoms with Gasteiger partial charge >= 0.3 is 0 Å². The van der Waals surface area contributed by atoms with Crippen molar-refractivity contribution in [3.63, 3.8) is 0 Å². The molecule has 76 valence electrons. The van der Waals surface area contributed by atoms with Gasteiger partial charge in [-0.3, -0.25) is 0 Å². The first-order chi connectivity index (χ1) is 6.13. The maximum absolute atomic E-state index is 5.21. The van der Waals surface area contributed by atoms with Crippen LogP contribution < -0.4 is 0 Å². The van der Waals surface area contributed by atoms with Gasteiger partial charge in [0, 0.05) is 0 Å². The van der Waals surface area contributed by atoms with E-state index in [1.54, 1.807) is 0 Å². The highest BCUT2D eigenvalue weighted by Crippen LogP contribution is 1.97. The average molecular weight is 184 g/mol. The second-order valence-electron chi connectivity index (χ2n) is 3.35. The second kappa shape index (κ2) is 8.02. The summed E-state index contributed by atoms with van der Waals surface area (Å²) in [4.78, 5) is 0. The van der Waals surface area contributed by atoms with Gasteiger partial charge in [-0.15, -0.1) is 13.2 Å². The summed E-state index contributed by atoms with van der Waals surface area (Å²) in [6.07, 6.45) is 1.81. The molecule has 0 heterocycles. The Kier molecular flexibility index (Phi) is 7.65. The van der Waals surface area contributed by atoms with Crippen molar-refractivity contribution in [1.82, 2.24) is 0 Å². The van der Waals surface area contributed by atoms with Gasteiger partial charge in [0.1, 0.15) is 6.79 Å². The first kappa shape index (κ1) is 12.4. The first-order valence-corrected chi connectivity index (χ1v) is 4.57. The molecule has 13 heavy (non-hydrogen) atoms. The lowest BCUT2D eigenvalue weighted by Gasteiger charge is -2.05. The van der Waals surface area contributed by atoms with E-state index in [9.17, 15) is 0 Å². The lowest BCUT2D eigenvalue weighted by molar-refractivity contribution is -0.0515. The van der Waals surface area contributed by atoms with Crippen LogP contribution in [0.4, 0.5) is 0 Å². The van der Waals surface area contributed by atoms with Gasteiger partial charge < -0.3 is 9.47 Å². The van der Waals surface area contributed by atoms with Gasteiger partial charge in [0.25, 0.3) is 0 Å². The summed E-state index contributed by atoms with van der Waals surface area (Å²) in [5.41, 5.74) is 2.28. The lowest BCUT2D eigenvalue weighted by Crippen LogP contribution is -2.03. The van der Waals surface area contributed by atoms with E-state index in [1.807, 2.05) is 13.8 Å². The topological polar surface area (TPSA) is 18.5 Å². The monoisotopic (exact) mass is 184 g/mol. The van der Waals surface area contributed by atoms with Crippen LogP contribution in [0.1, 0.15) is 26.7 Å². The van der Waals surface area contributed by atoms with Crippen molar-refractivity contribution in [1.29, 1.82) is 0 Å². The zero-order valence-corrected chi connectivity index (χ0v) is 8.77. The van der Waals surface area contributed by atoms with Crippen LogP contribution in [0, 0.1) is 0 Å². The molecular formula is C11H20O2. The molecule has 0 atom stereocenters. The maximum Gasteiger partial charge on any atom is 0.146 e. The second-order valence-corrected chi connectivity index (χ2v) is 3.35. The van der Waals surface area contributed by atoms with Crippen molar-refractivity contribution in [3.8, 4) is 0 Å². The summed E-state index contributed by atoms with van der Waals surface area (Å²) in [5.74, 6) is 0. The van der Waals surface area contributed by atoms with Crippen molar-refractivity contribution in [2.24, 2.45) is 0 Å². The molecule has 0 saturated heterocycles. The Bertz CT molecular complexity index is 143. The van der Waals surface area contributed by atoms with E-state index in [1.165, 1.54) is 0 Å². The molecule has 0 spiro atoms. The molecule has 0 aliphatic carbocycles. The normalized spacial score (nSPS) is 10.0. The predicted molar refractivity (Wildman–Crippen MR) is 55.6 cm³/mol. The van der Waals surface area contributed by atoms with E-state index in [4.69, 9.17) is 9.47 Å². The third-order valence-electron chi connectivity index (χ3n) is 1.51. The highest BCUT2D eigenvalue weighted by molar-refractivity contribution is 4.87. The van der Waals surface area contributed by atoms with Gasteiger partial charge in [-0.05, 0) is 26.7 Å². The van der Waals surface area contributed by atoms with Crippen molar-refractivity contribution >= 4 is 0 Å². The van der Waals surface area contributed by atoms with Crippen LogP contribution in [-0.2, 0) is 9.47 Å². The third-order valence-corrected chi connectivity index (χ3v) is 1.51. The Hall–Kier alpha value is -0.600. The third kappa shape index (κ3) is 11.4. The van der Waals surface area contributed by atoms with E-state index in [-0.39, 0.29) is 0 Å². The molecule has 2 nitrogen and oxygen atoms in total. The van der Waals surface area contributed by atoms with Crippen LogP contribution >= 0.6 is 0 Å². The Morgan fingerprint density at radius 2 is 1.31 bits per heavy atom. The lowest BCUT2D eigenvalue weighted by atomic mass is 10.3. The summed E-state index contributed by atoms with van der Waals surface area (Å²) in [5, 5.41) is 0. The van der Waals surface area contributed by atoms with Crippen LogP contribution in [0.25, 0.3) is 0 Å². The zero-order valence-electron chi connectivity index (χ0n) is 8.77. The van der Waals surface area contributed by atoms with Crippen molar-refractivity contribution in [2.75, 3.05) is 20.0 Å². The molecule has 0 amide bonds. The zero-order chi connectivity index (χ0) is 10.1. The molecule has 0 saturated carbocycles. The molecule has 0 N–H and O–H groups in total. The largest absolute Gasteiger partial charge is 0.355 e. The van der Waals surface area contributed by atoms with E-state index < -0.39 is 0 Å². The van der Waals surface area contributed by atoms with Gasteiger partial charge in [0.05, 0.1) is 13.2 Å². The summed E-state index contributed by atoms with van der Waals surface area (Å²) in [6.45, 7) is 13.3. The van der Waals surface area contributed by atoms with Gasteiger partial charge in [-0.25, -0.2) is 0 Å². The highest BCUT2D eigenvalue weighted by Gasteiger charge is 1.90. The molecule has 0 radical (unpaired) electrons. The maximum atomic E-state index is 5.21. The molecule has 0 unspecified atom stereocenters. The van der Waals surface area contributed by atoms with Crippen LogP contribution in [0.15, 0.2) is 24.3 Å². The number of hydrogen-bond donors (Lipinski definition) is 0. The summed E-state index contributed by atoms with van der Waals surface area (Å²) in [7, 11) is 0. The van der Waals surface area contributed by atoms with Crippen molar-refractivity contribution in [2.45, 2.75) is 26.7 Å². The van der Waals surface area contributed by atoms with Gasteiger partial charge in [-0.2, -0.15) is 0 Å². The number of rotatable bonds is 8. The molecule has 0 aromatic carbocycles. The van der Waals surface area contributed by atoms with E-state index in [2.05, 4.69) is 13.2 Å².